The van der Waals surface area contributed by atoms with E-state index in [0.29, 0.717) is 0 Å². The van der Waals surface area contributed by atoms with Gasteiger partial charge in [-0.2, -0.15) is 0 Å². The van der Waals surface area contributed by atoms with Gasteiger partial charge in [-0.15, -0.1) is 0 Å². The minimum atomic E-state index is -1.18. The molecule has 1 rings (SSSR count). The van der Waals surface area contributed by atoms with Crippen LogP contribution in [0.1, 0.15) is 45.0 Å². The summed E-state index contributed by atoms with van der Waals surface area (Å²) in [4.78, 5) is 35.2. The molecule has 0 heterocycles. The summed E-state index contributed by atoms with van der Waals surface area (Å²) in [7, 11) is 0. The van der Waals surface area contributed by atoms with Gasteiger partial charge >= 0.3 is 12.1 Å². The van der Waals surface area contributed by atoms with Gasteiger partial charge in [-0.3, -0.25) is 10.1 Å². The molecule has 8 nitrogen and oxygen atoms in total. The lowest BCUT2D eigenvalue weighted by atomic mass is 10.0. The largest absolute Gasteiger partial charge is 0.507 e. The van der Waals surface area contributed by atoms with Crippen LogP contribution in [0.2, 0.25) is 0 Å². The molecule has 0 saturated heterocycles. The van der Waals surface area contributed by atoms with Crippen molar-refractivity contribution in [3.8, 4) is 5.75 Å². The highest BCUT2D eigenvalue weighted by molar-refractivity contribution is 6.00. The smallest absolute Gasteiger partial charge is 0.412 e. The van der Waals surface area contributed by atoms with Crippen molar-refractivity contribution in [3.05, 3.63) is 23.8 Å². The standard InChI is InChI=1S/C17H24N2O6/c1-9(2)13(15(22)23)19-14(21)11-8-10(6-7-12(11)20)18-16(24)25-17(3,4)5/h6-9,13,20H,1-5H3,(H,18,24)(H,19,21)(H,22,23). The van der Waals surface area contributed by atoms with E-state index in [1.807, 2.05) is 0 Å². The monoisotopic (exact) mass is 352 g/mol. The Bertz CT molecular complexity index is 664. The number of carboxylic acids is 1. The van der Waals surface area contributed by atoms with Crippen molar-refractivity contribution in [3.63, 3.8) is 0 Å². The number of ether oxygens (including phenoxy) is 1. The summed E-state index contributed by atoms with van der Waals surface area (Å²) in [6, 6.07) is 2.77. The molecule has 0 radical (unpaired) electrons. The van der Waals surface area contributed by atoms with Gasteiger partial charge < -0.3 is 20.3 Å². The van der Waals surface area contributed by atoms with Crippen molar-refractivity contribution in [2.45, 2.75) is 46.3 Å². The van der Waals surface area contributed by atoms with E-state index in [4.69, 9.17) is 9.84 Å². The first-order valence-corrected chi connectivity index (χ1v) is 7.77. The number of hydrogen-bond acceptors (Lipinski definition) is 5. The van der Waals surface area contributed by atoms with E-state index in [1.54, 1.807) is 34.6 Å². The molecular formula is C17H24N2O6. The Morgan fingerprint density at radius 1 is 1.16 bits per heavy atom. The Hall–Kier alpha value is -2.77. The van der Waals surface area contributed by atoms with Crippen LogP contribution in [0, 0.1) is 5.92 Å². The van der Waals surface area contributed by atoms with Crippen LogP contribution in [0.15, 0.2) is 18.2 Å². The highest BCUT2D eigenvalue weighted by Crippen LogP contribution is 2.22. The molecule has 2 amide bonds. The fourth-order valence-electron chi connectivity index (χ4n) is 1.95. The third kappa shape index (κ3) is 6.33. The minimum absolute atomic E-state index is 0.152. The summed E-state index contributed by atoms with van der Waals surface area (Å²) in [6.45, 7) is 8.43. The number of carbonyl (C=O) groups is 3. The normalized spacial score (nSPS) is 12.4. The second-order valence-electron chi connectivity index (χ2n) is 6.89. The van der Waals surface area contributed by atoms with Crippen molar-refractivity contribution in [2.24, 2.45) is 5.92 Å². The third-order valence-corrected chi connectivity index (χ3v) is 3.11. The van der Waals surface area contributed by atoms with Gasteiger partial charge in [0, 0.05) is 5.69 Å². The van der Waals surface area contributed by atoms with E-state index in [9.17, 15) is 19.5 Å². The number of benzene rings is 1. The molecule has 0 aliphatic heterocycles. The molecule has 0 fully saturated rings. The van der Waals surface area contributed by atoms with Crippen LogP contribution in [0.25, 0.3) is 0 Å². The molecule has 1 unspecified atom stereocenters. The molecule has 25 heavy (non-hydrogen) atoms. The first-order chi connectivity index (χ1) is 11.4. The molecule has 138 valence electrons. The van der Waals surface area contributed by atoms with Gasteiger partial charge in [0.25, 0.3) is 5.91 Å². The molecule has 8 heteroatoms. The lowest BCUT2D eigenvalue weighted by molar-refractivity contribution is -0.140. The summed E-state index contributed by atoms with van der Waals surface area (Å²) in [5, 5.41) is 23.8. The summed E-state index contributed by atoms with van der Waals surface area (Å²) in [5.74, 6) is -2.61. The molecule has 1 aromatic carbocycles. The minimum Gasteiger partial charge on any atom is -0.507 e. The van der Waals surface area contributed by atoms with Crippen LogP contribution in [0.3, 0.4) is 0 Å². The van der Waals surface area contributed by atoms with Crippen molar-refractivity contribution >= 4 is 23.7 Å². The van der Waals surface area contributed by atoms with E-state index < -0.39 is 29.6 Å². The predicted octanol–water partition coefficient (Wildman–Crippen LogP) is 2.58. The van der Waals surface area contributed by atoms with Gasteiger partial charge in [-0.1, -0.05) is 13.8 Å². The number of phenolic OH excluding ortho intramolecular Hbond substituents is 1. The fourth-order valence-corrected chi connectivity index (χ4v) is 1.95. The highest BCUT2D eigenvalue weighted by Gasteiger charge is 2.25. The van der Waals surface area contributed by atoms with Gasteiger partial charge in [0.1, 0.15) is 17.4 Å². The number of aromatic hydroxyl groups is 1. The zero-order valence-electron chi connectivity index (χ0n) is 14.9. The van der Waals surface area contributed by atoms with Crippen molar-refractivity contribution in [1.29, 1.82) is 0 Å². The van der Waals surface area contributed by atoms with Gasteiger partial charge in [0.2, 0.25) is 0 Å². The van der Waals surface area contributed by atoms with Crippen LogP contribution in [-0.4, -0.2) is 39.8 Å². The number of amides is 2. The Balaban J connectivity index is 2.95. The first kappa shape index (κ1) is 20.3. The van der Waals surface area contributed by atoms with Crippen molar-refractivity contribution in [2.75, 3.05) is 5.32 Å². The number of nitrogens with one attached hydrogen (secondary N) is 2. The molecule has 4 N–H and O–H groups in total. The third-order valence-electron chi connectivity index (χ3n) is 3.11. The number of hydrogen-bond donors (Lipinski definition) is 4. The number of carbonyl (C=O) groups excluding carboxylic acids is 2. The van der Waals surface area contributed by atoms with E-state index in [-0.39, 0.29) is 22.9 Å². The lowest BCUT2D eigenvalue weighted by Gasteiger charge is -2.20. The van der Waals surface area contributed by atoms with Crippen molar-refractivity contribution in [1.82, 2.24) is 5.32 Å². The molecule has 0 aliphatic carbocycles. The Labute approximate surface area is 146 Å². The molecular weight excluding hydrogens is 328 g/mol. The maximum Gasteiger partial charge on any atom is 0.412 e. The highest BCUT2D eigenvalue weighted by atomic mass is 16.6. The SMILES string of the molecule is CC(C)C(NC(=O)c1cc(NC(=O)OC(C)(C)C)ccc1O)C(=O)O. The van der Waals surface area contributed by atoms with Gasteiger partial charge in [-0.05, 0) is 44.9 Å². The molecule has 1 aromatic rings. The number of phenols is 1. The zero-order valence-corrected chi connectivity index (χ0v) is 14.9. The fraction of sp³-hybridized carbons (Fsp3) is 0.471. The molecule has 0 aliphatic rings. The molecule has 0 spiro atoms. The van der Waals surface area contributed by atoms with Crippen LogP contribution in [-0.2, 0) is 9.53 Å². The lowest BCUT2D eigenvalue weighted by Crippen LogP contribution is -2.44. The van der Waals surface area contributed by atoms with Crippen LogP contribution < -0.4 is 10.6 Å². The van der Waals surface area contributed by atoms with E-state index in [2.05, 4.69) is 10.6 Å². The quantitative estimate of drug-likeness (QED) is 0.604. The first-order valence-electron chi connectivity index (χ1n) is 7.77. The maximum atomic E-state index is 12.3. The molecule has 0 aromatic heterocycles. The van der Waals surface area contributed by atoms with E-state index in [0.717, 1.165) is 0 Å². The second-order valence-corrected chi connectivity index (χ2v) is 6.89. The maximum absolute atomic E-state index is 12.3. The van der Waals surface area contributed by atoms with Crippen LogP contribution in [0.5, 0.6) is 5.75 Å². The number of aliphatic carboxylic acids is 1. The zero-order chi connectivity index (χ0) is 19.4. The van der Waals surface area contributed by atoms with E-state index in [1.165, 1.54) is 18.2 Å². The number of rotatable bonds is 5. The number of anilines is 1. The molecule has 1 atom stereocenters. The van der Waals surface area contributed by atoms with E-state index >= 15 is 0 Å². The van der Waals surface area contributed by atoms with Gasteiger partial charge in [-0.25, -0.2) is 9.59 Å². The van der Waals surface area contributed by atoms with Gasteiger partial charge in [0.05, 0.1) is 5.56 Å². The summed E-state index contributed by atoms with van der Waals surface area (Å²) in [6.07, 6.45) is -0.713. The predicted molar refractivity (Wildman–Crippen MR) is 91.7 cm³/mol. The van der Waals surface area contributed by atoms with Crippen LogP contribution in [0.4, 0.5) is 10.5 Å². The Kier molecular flexibility index (Phi) is 6.38. The summed E-state index contributed by atoms with van der Waals surface area (Å²) < 4.78 is 5.11. The summed E-state index contributed by atoms with van der Waals surface area (Å²) >= 11 is 0. The molecule has 0 saturated carbocycles. The number of carboxylic acid groups (broad SMARTS) is 1. The topological polar surface area (TPSA) is 125 Å². The second kappa shape index (κ2) is 7.87. The molecule has 0 bridgehead atoms. The van der Waals surface area contributed by atoms with Gasteiger partial charge in [0.15, 0.2) is 0 Å². The Morgan fingerprint density at radius 3 is 2.24 bits per heavy atom. The van der Waals surface area contributed by atoms with Crippen LogP contribution >= 0.6 is 0 Å². The Morgan fingerprint density at radius 2 is 1.76 bits per heavy atom. The average Bonchev–Trinajstić information content (AvgIpc) is 2.43. The average molecular weight is 352 g/mol. The summed E-state index contributed by atoms with van der Waals surface area (Å²) in [5.41, 5.74) is -0.609. The van der Waals surface area contributed by atoms with Crippen molar-refractivity contribution < 1.29 is 29.3 Å².